The lowest BCUT2D eigenvalue weighted by Gasteiger charge is -2.25. The zero-order valence-corrected chi connectivity index (χ0v) is 17.5. The van der Waals surface area contributed by atoms with Crippen molar-refractivity contribution in [3.05, 3.63) is 60.2 Å². The Balaban J connectivity index is 1.49. The number of aryl methyl sites for hydroxylation is 1. The van der Waals surface area contributed by atoms with E-state index in [9.17, 15) is 9.59 Å². The van der Waals surface area contributed by atoms with Crippen molar-refractivity contribution in [1.29, 1.82) is 0 Å². The summed E-state index contributed by atoms with van der Waals surface area (Å²) in [5.41, 5.74) is 1.54. The molecule has 2 amide bonds. The highest BCUT2D eigenvalue weighted by atomic mass is 16.5. The molecular formula is C23H30N4O3. The third kappa shape index (κ3) is 6.91. The van der Waals surface area contributed by atoms with Crippen molar-refractivity contribution >= 4 is 11.8 Å². The standard InChI is InChI=1S/C23H30N4O3/c1-18(9-10-19-6-3-2-4-7-19)26-22(28)11-14-27(17-20-8-5-15-30-20)23(29)21-16-24-12-13-25-21/h2-4,6-7,12-13,16,18,20H,5,8-11,14-15,17H2,1H3,(H,26,28)/t18-,20+/m1/s1. The topological polar surface area (TPSA) is 84.4 Å². The molecule has 30 heavy (non-hydrogen) atoms. The lowest BCUT2D eigenvalue weighted by Crippen LogP contribution is -2.41. The quantitative estimate of drug-likeness (QED) is 0.651. The highest BCUT2D eigenvalue weighted by Gasteiger charge is 2.25. The number of carbonyl (C=O) groups excluding carboxylic acids is 2. The molecule has 160 valence electrons. The third-order valence-corrected chi connectivity index (χ3v) is 5.24. The van der Waals surface area contributed by atoms with E-state index in [0.717, 1.165) is 32.3 Å². The second-order valence-electron chi connectivity index (χ2n) is 7.72. The Hall–Kier alpha value is -2.80. The van der Waals surface area contributed by atoms with Gasteiger partial charge in [0.2, 0.25) is 5.91 Å². The molecule has 7 nitrogen and oxygen atoms in total. The summed E-state index contributed by atoms with van der Waals surface area (Å²) in [4.78, 5) is 35.1. The predicted octanol–water partition coefficient (Wildman–Crippen LogP) is 2.63. The molecule has 0 radical (unpaired) electrons. The summed E-state index contributed by atoms with van der Waals surface area (Å²) in [6.45, 7) is 3.52. The van der Waals surface area contributed by atoms with Gasteiger partial charge in [0.15, 0.2) is 0 Å². The van der Waals surface area contributed by atoms with Gasteiger partial charge in [-0.15, -0.1) is 0 Å². The molecule has 0 aliphatic carbocycles. The molecule has 1 N–H and O–H groups in total. The Kier molecular flexibility index (Phi) is 8.32. The first kappa shape index (κ1) is 21.9. The lowest BCUT2D eigenvalue weighted by atomic mass is 10.1. The maximum atomic E-state index is 12.9. The second kappa shape index (κ2) is 11.4. The number of aromatic nitrogens is 2. The largest absolute Gasteiger partial charge is 0.376 e. The summed E-state index contributed by atoms with van der Waals surface area (Å²) in [7, 11) is 0. The smallest absolute Gasteiger partial charge is 0.274 e. The van der Waals surface area contributed by atoms with E-state index in [1.165, 1.54) is 24.2 Å². The van der Waals surface area contributed by atoms with Crippen LogP contribution >= 0.6 is 0 Å². The predicted molar refractivity (Wildman–Crippen MR) is 114 cm³/mol. The van der Waals surface area contributed by atoms with Crippen molar-refractivity contribution in [3.8, 4) is 0 Å². The van der Waals surface area contributed by atoms with Crippen LogP contribution in [0.3, 0.4) is 0 Å². The van der Waals surface area contributed by atoms with Crippen molar-refractivity contribution in [2.75, 3.05) is 19.7 Å². The third-order valence-electron chi connectivity index (χ3n) is 5.24. The second-order valence-corrected chi connectivity index (χ2v) is 7.72. The highest BCUT2D eigenvalue weighted by molar-refractivity contribution is 5.92. The molecule has 2 atom stereocenters. The molecule has 1 saturated heterocycles. The van der Waals surface area contributed by atoms with Gasteiger partial charge in [0.05, 0.1) is 12.3 Å². The fraction of sp³-hybridized carbons (Fsp3) is 0.478. The van der Waals surface area contributed by atoms with Gasteiger partial charge >= 0.3 is 0 Å². The SMILES string of the molecule is C[C@H](CCc1ccccc1)NC(=O)CCN(C[C@@H]1CCCO1)C(=O)c1cnccn1. The van der Waals surface area contributed by atoms with Crippen LogP contribution in [0.15, 0.2) is 48.9 Å². The van der Waals surface area contributed by atoms with Gasteiger partial charge in [-0.2, -0.15) is 0 Å². The van der Waals surface area contributed by atoms with Gasteiger partial charge in [0, 0.05) is 44.6 Å². The molecule has 7 heteroatoms. The fourth-order valence-electron chi connectivity index (χ4n) is 3.56. The number of hydrogen-bond acceptors (Lipinski definition) is 5. The number of rotatable bonds is 10. The molecular weight excluding hydrogens is 380 g/mol. The van der Waals surface area contributed by atoms with Crippen LogP contribution < -0.4 is 5.32 Å². The van der Waals surface area contributed by atoms with E-state index in [2.05, 4.69) is 27.4 Å². The van der Waals surface area contributed by atoms with E-state index >= 15 is 0 Å². The first-order valence-electron chi connectivity index (χ1n) is 10.6. The van der Waals surface area contributed by atoms with Crippen LogP contribution in [-0.2, 0) is 16.0 Å². The number of nitrogens with zero attached hydrogens (tertiary/aromatic N) is 3. The molecule has 3 rings (SSSR count). The molecule has 0 unspecified atom stereocenters. The summed E-state index contributed by atoms with van der Waals surface area (Å²) in [5, 5.41) is 3.04. The Morgan fingerprint density at radius 3 is 2.80 bits per heavy atom. The average Bonchev–Trinajstić information content (AvgIpc) is 3.29. The van der Waals surface area contributed by atoms with E-state index in [-0.39, 0.29) is 36.1 Å². The van der Waals surface area contributed by atoms with Crippen molar-refractivity contribution < 1.29 is 14.3 Å². The number of carbonyl (C=O) groups is 2. The first-order chi connectivity index (χ1) is 14.6. The van der Waals surface area contributed by atoms with Crippen LogP contribution in [0.2, 0.25) is 0 Å². The molecule has 1 aliphatic rings. The van der Waals surface area contributed by atoms with Crippen LogP contribution in [0, 0.1) is 0 Å². The summed E-state index contributed by atoms with van der Waals surface area (Å²) < 4.78 is 5.68. The number of amides is 2. The average molecular weight is 411 g/mol. The van der Waals surface area contributed by atoms with Crippen molar-refractivity contribution in [2.24, 2.45) is 0 Å². The van der Waals surface area contributed by atoms with Crippen molar-refractivity contribution in [2.45, 2.75) is 51.2 Å². The van der Waals surface area contributed by atoms with Crippen molar-refractivity contribution in [3.63, 3.8) is 0 Å². The zero-order valence-electron chi connectivity index (χ0n) is 17.5. The van der Waals surface area contributed by atoms with Crippen LogP contribution in [0.1, 0.15) is 48.7 Å². The van der Waals surface area contributed by atoms with Gasteiger partial charge < -0.3 is 15.0 Å². The zero-order chi connectivity index (χ0) is 21.2. The van der Waals surface area contributed by atoms with E-state index in [1.807, 2.05) is 25.1 Å². The minimum absolute atomic E-state index is 0.0125. The summed E-state index contributed by atoms with van der Waals surface area (Å²) in [6, 6.07) is 10.3. The van der Waals surface area contributed by atoms with E-state index in [0.29, 0.717) is 13.1 Å². The molecule has 0 bridgehead atoms. The Morgan fingerprint density at radius 1 is 1.27 bits per heavy atom. The van der Waals surface area contributed by atoms with Gasteiger partial charge in [-0.05, 0) is 38.2 Å². The summed E-state index contributed by atoms with van der Waals surface area (Å²) in [5.74, 6) is -0.275. The first-order valence-corrected chi connectivity index (χ1v) is 10.6. The van der Waals surface area contributed by atoms with Gasteiger partial charge in [0.25, 0.3) is 5.91 Å². The van der Waals surface area contributed by atoms with Gasteiger partial charge in [-0.3, -0.25) is 14.6 Å². The molecule has 0 spiro atoms. The van der Waals surface area contributed by atoms with Gasteiger partial charge in [0.1, 0.15) is 5.69 Å². The van der Waals surface area contributed by atoms with E-state index in [1.54, 1.807) is 4.90 Å². The Morgan fingerprint density at radius 2 is 2.10 bits per heavy atom. The molecule has 2 aromatic rings. The minimum Gasteiger partial charge on any atom is -0.376 e. The summed E-state index contributed by atoms with van der Waals surface area (Å²) >= 11 is 0. The monoisotopic (exact) mass is 410 g/mol. The highest BCUT2D eigenvalue weighted by Crippen LogP contribution is 2.15. The molecule has 1 aliphatic heterocycles. The van der Waals surface area contributed by atoms with Crippen LogP contribution in [0.5, 0.6) is 0 Å². The Bertz CT molecular complexity index is 795. The number of hydrogen-bond donors (Lipinski definition) is 1. The van der Waals surface area contributed by atoms with Crippen LogP contribution in [0.25, 0.3) is 0 Å². The van der Waals surface area contributed by atoms with E-state index < -0.39 is 0 Å². The van der Waals surface area contributed by atoms with E-state index in [4.69, 9.17) is 4.74 Å². The molecule has 1 aromatic carbocycles. The van der Waals surface area contributed by atoms with Gasteiger partial charge in [-0.25, -0.2) is 4.98 Å². The minimum atomic E-state index is -0.219. The van der Waals surface area contributed by atoms with Crippen LogP contribution in [-0.4, -0.2) is 58.5 Å². The Labute approximate surface area is 177 Å². The fourth-order valence-corrected chi connectivity index (χ4v) is 3.56. The lowest BCUT2D eigenvalue weighted by molar-refractivity contribution is -0.122. The maximum absolute atomic E-state index is 12.9. The number of benzene rings is 1. The van der Waals surface area contributed by atoms with Crippen LogP contribution in [0.4, 0.5) is 0 Å². The summed E-state index contributed by atoms with van der Waals surface area (Å²) in [6.07, 6.45) is 8.45. The molecule has 1 aromatic heterocycles. The molecule has 1 fully saturated rings. The number of nitrogens with one attached hydrogen (secondary N) is 1. The maximum Gasteiger partial charge on any atom is 0.274 e. The molecule has 2 heterocycles. The normalized spacial score (nSPS) is 16.8. The van der Waals surface area contributed by atoms with Crippen molar-refractivity contribution in [1.82, 2.24) is 20.2 Å². The molecule has 0 saturated carbocycles. The van der Waals surface area contributed by atoms with Gasteiger partial charge in [-0.1, -0.05) is 30.3 Å². The number of ether oxygens (including phenoxy) is 1.